The fourth-order valence-corrected chi connectivity index (χ4v) is 2.21. The van der Waals surface area contributed by atoms with Gasteiger partial charge in [0.15, 0.2) is 0 Å². The van der Waals surface area contributed by atoms with E-state index >= 15 is 0 Å². The van der Waals surface area contributed by atoms with Crippen molar-refractivity contribution >= 4 is 12.0 Å². The Hall–Kier alpha value is -1.30. The molecule has 0 aromatic heterocycles. The molecule has 0 aromatic carbocycles. The second-order valence-corrected chi connectivity index (χ2v) is 4.49. The van der Waals surface area contributed by atoms with E-state index in [1.165, 1.54) is 0 Å². The maximum Gasteiger partial charge on any atom is 0.410 e. The minimum absolute atomic E-state index is 0.0765. The summed E-state index contributed by atoms with van der Waals surface area (Å²) in [5.41, 5.74) is 0. The molecule has 6 nitrogen and oxygen atoms in total. The molecule has 2 saturated heterocycles. The van der Waals surface area contributed by atoms with Gasteiger partial charge in [0, 0.05) is 38.6 Å². The summed E-state index contributed by atoms with van der Waals surface area (Å²) in [6.45, 7) is 6.15. The van der Waals surface area contributed by atoms with E-state index in [9.17, 15) is 9.59 Å². The second kappa shape index (κ2) is 5.35. The molecule has 0 saturated carbocycles. The van der Waals surface area contributed by atoms with E-state index in [2.05, 4.69) is 5.32 Å². The molecule has 1 atom stereocenters. The summed E-state index contributed by atoms with van der Waals surface area (Å²) in [6.07, 6.45) is 0.0837. The number of amides is 2. The van der Waals surface area contributed by atoms with Crippen LogP contribution in [0.1, 0.15) is 13.3 Å². The number of carbonyl (C=O) groups is 2. The summed E-state index contributed by atoms with van der Waals surface area (Å²) in [5.74, 6) is 0.124. The van der Waals surface area contributed by atoms with Crippen molar-refractivity contribution in [1.82, 2.24) is 15.1 Å². The molecule has 0 radical (unpaired) electrons. The molecular weight excluding hydrogens is 222 g/mol. The highest BCUT2D eigenvalue weighted by atomic mass is 16.6. The zero-order valence-corrected chi connectivity index (χ0v) is 10.1. The van der Waals surface area contributed by atoms with Gasteiger partial charge in [-0.3, -0.25) is 4.79 Å². The number of piperazine rings is 1. The van der Waals surface area contributed by atoms with Gasteiger partial charge in [0.2, 0.25) is 5.91 Å². The van der Waals surface area contributed by atoms with E-state index in [0.29, 0.717) is 19.6 Å². The highest BCUT2D eigenvalue weighted by molar-refractivity contribution is 5.78. The fourth-order valence-electron chi connectivity index (χ4n) is 2.21. The summed E-state index contributed by atoms with van der Waals surface area (Å²) in [7, 11) is 0. The van der Waals surface area contributed by atoms with Crippen LogP contribution in [0.25, 0.3) is 0 Å². The number of nitrogens with one attached hydrogen (secondary N) is 1. The Balaban J connectivity index is 1.82. The Kier molecular flexibility index (Phi) is 3.83. The van der Waals surface area contributed by atoms with Crippen molar-refractivity contribution in [2.75, 3.05) is 39.3 Å². The van der Waals surface area contributed by atoms with Crippen LogP contribution in [-0.2, 0) is 9.53 Å². The molecule has 2 fully saturated rings. The maximum absolute atomic E-state index is 12.0. The van der Waals surface area contributed by atoms with Gasteiger partial charge in [0.1, 0.15) is 6.61 Å². The molecule has 0 bridgehead atoms. The predicted octanol–water partition coefficient (Wildman–Crippen LogP) is -0.351. The third kappa shape index (κ3) is 2.88. The number of nitrogens with zero attached hydrogens (tertiary/aromatic N) is 2. The smallest absolute Gasteiger partial charge is 0.410 e. The molecule has 0 spiro atoms. The first kappa shape index (κ1) is 12.2. The van der Waals surface area contributed by atoms with Gasteiger partial charge in [0.25, 0.3) is 0 Å². The topological polar surface area (TPSA) is 61.9 Å². The lowest BCUT2D eigenvalue weighted by molar-refractivity contribution is -0.132. The van der Waals surface area contributed by atoms with E-state index in [0.717, 1.165) is 26.2 Å². The molecule has 17 heavy (non-hydrogen) atoms. The Bertz CT molecular complexity index is 302. The lowest BCUT2D eigenvalue weighted by Gasteiger charge is -2.30. The number of ether oxygens (including phenoxy) is 1. The minimum atomic E-state index is -0.300. The third-order valence-corrected chi connectivity index (χ3v) is 3.26. The Morgan fingerprint density at radius 2 is 2.12 bits per heavy atom. The molecule has 0 aromatic rings. The average Bonchev–Trinajstić information content (AvgIpc) is 2.76. The summed E-state index contributed by atoms with van der Waals surface area (Å²) in [5, 5.41) is 3.21. The van der Waals surface area contributed by atoms with Gasteiger partial charge >= 0.3 is 6.09 Å². The summed E-state index contributed by atoms with van der Waals surface area (Å²) in [6, 6.07) is -0.0765. The summed E-state index contributed by atoms with van der Waals surface area (Å²) >= 11 is 0. The molecule has 2 heterocycles. The largest absolute Gasteiger partial charge is 0.448 e. The monoisotopic (exact) mass is 241 g/mol. The highest BCUT2D eigenvalue weighted by Crippen LogP contribution is 2.12. The maximum atomic E-state index is 12.0. The lowest BCUT2D eigenvalue weighted by Crippen LogP contribution is -2.48. The van der Waals surface area contributed by atoms with E-state index < -0.39 is 0 Å². The first-order chi connectivity index (χ1) is 8.18. The number of carbonyl (C=O) groups excluding carboxylic acids is 2. The number of cyclic esters (lactones) is 1. The van der Waals surface area contributed by atoms with Crippen LogP contribution < -0.4 is 5.32 Å². The molecule has 6 heteroatoms. The molecule has 1 unspecified atom stereocenters. The van der Waals surface area contributed by atoms with Crippen molar-refractivity contribution in [3.63, 3.8) is 0 Å². The van der Waals surface area contributed by atoms with Crippen LogP contribution in [0.15, 0.2) is 0 Å². The Morgan fingerprint density at radius 3 is 2.71 bits per heavy atom. The van der Waals surface area contributed by atoms with Crippen molar-refractivity contribution in [3.05, 3.63) is 0 Å². The normalized spacial score (nSPS) is 22.5. The number of rotatable bonds is 3. The van der Waals surface area contributed by atoms with Crippen molar-refractivity contribution < 1.29 is 14.3 Å². The van der Waals surface area contributed by atoms with E-state index in [-0.39, 0.29) is 18.0 Å². The van der Waals surface area contributed by atoms with Crippen molar-refractivity contribution in [2.24, 2.45) is 0 Å². The number of hydrogen-bond acceptors (Lipinski definition) is 4. The van der Waals surface area contributed by atoms with Crippen LogP contribution in [0.4, 0.5) is 4.79 Å². The van der Waals surface area contributed by atoms with Crippen LogP contribution in [-0.4, -0.2) is 67.2 Å². The van der Waals surface area contributed by atoms with Gasteiger partial charge in [0.05, 0.1) is 6.54 Å². The Morgan fingerprint density at radius 1 is 1.41 bits per heavy atom. The Labute approximate surface area is 101 Å². The standard InChI is InChI=1S/C11H19N3O3/c1-9(14-6-7-17-11(14)16)8-10(15)13-4-2-12-3-5-13/h9,12H,2-8H2,1H3. The average molecular weight is 241 g/mol. The van der Waals surface area contributed by atoms with Crippen LogP contribution in [0.5, 0.6) is 0 Å². The van der Waals surface area contributed by atoms with Gasteiger partial charge in [-0.15, -0.1) is 0 Å². The first-order valence-electron chi connectivity index (χ1n) is 6.10. The molecule has 96 valence electrons. The van der Waals surface area contributed by atoms with Gasteiger partial charge in [-0.1, -0.05) is 0 Å². The molecule has 1 N–H and O–H groups in total. The molecule has 2 amide bonds. The van der Waals surface area contributed by atoms with Gasteiger partial charge in [-0.25, -0.2) is 4.79 Å². The van der Waals surface area contributed by atoms with Crippen molar-refractivity contribution in [2.45, 2.75) is 19.4 Å². The van der Waals surface area contributed by atoms with E-state index in [1.54, 1.807) is 4.90 Å². The van der Waals surface area contributed by atoms with E-state index in [4.69, 9.17) is 4.74 Å². The lowest BCUT2D eigenvalue weighted by atomic mass is 10.2. The minimum Gasteiger partial charge on any atom is -0.448 e. The summed E-state index contributed by atoms with van der Waals surface area (Å²) in [4.78, 5) is 26.8. The van der Waals surface area contributed by atoms with Gasteiger partial charge in [-0.05, 0) is 6.92 Å². The van der Waals surface area contributed by atoms with Gasteiger partial charge < -0.3 is 19.9 Å². The fraction of sp³-hybridized carbons (Fsp3) is 0.818. The molecule has 2 rings (SSSR count). The van der Waals surface area contributed by atoms with Crippen LogP contribution in [0, 0.1) is 0 Å². The first-order valence-corrected chi connectivity index (χ1v) is 6.10. The zero-order valence-electron chi connectivity index (χ0n) is 10.1. The van der Waals surface area contributed by atoms with Crippen LogP contribution >= 0.6 is 0 Å². The summed E-state index contributed by atoms with van der Waals surface area (Å²) < 4.78 is 4.87. The highest BCUT2D eigenvalue weighted by Gasteiger charge is 2.29. The predicted molar refractivity (Wildman–Crippen MR) is 61.6 cm³/mol. The third-order valence-electron chi connectivity index (χ3n) is 3.26. The zero-order chi connectivity index (χ0) is 12.3. The van der Waals surface area contributed by atoms with Crippen LogP contribution in [0.2, 0.25) is 0 Å². The molecule has 0 aliphatic carbocycles. The van der Waals surface area contributed by atoms with Crippen molar-refractivity contribution in [3.8, 4) is 0 Å². The second-order valence-electron chi connectivity index (χ2n) is 4.49. The van der Waals surface area contributed by atoms with Gasteiger partial charge in [-0.2, -0.15) is 0 Å². The SMILES string of the molecule is CC(CC(=O)N1CCNCC1)N1CCOC1=O. The molecular formula is C11H19N3O3. The number of hydrogen-bond donors (Lipinski definition) is 1. The van der Waals surface area contributed by atoms with Crippen LogP contribution in [0.3, 0.4) is 0 Å². The quantitative estimate of drug-likeness (QED) is 0.733. The van der Waals surface area contributed by atoms with E-state index in [1.807, 2.05) is 11.8 Å². The molecule has 2 aliphatic rings. The van der Waals surface area contributed by atoms with Crippen molar-refractivity contribution in [1.29, 1.82) is 0 Å². The molecule has 2 aliphatic heterocycles.